The van der Waals surface area contributed by atoms with E-state index in [-0.39, 0.29) is 0 Å². The molecule has 0 unspecified atom stereocenters. The molecule has 0 amide bonds. The molecule has 19 heavy (non-hydrogen) atoms. The predicted octanol–water partition coefficient (Wildman–Crippen LogP) is -3.25. The van der Waals surface area contributed by atoms with Gasteiger partial charge in [0.2, 0.25) is 0 Å². The second kappa shape index (κ2) is 16.6. The van der Waals surface area contributed by atoms with E-state index in [9.17, 15) is 0 Å². The number of aliphatic carboxylic acids is 3. The molecule has 1 aromatic carbocycles. The molecule has 0 spiro atoms. The first-order chi connectivity index (χ1) is 8.59. The molecule has 0 N–H and O–H groups in total. The van der Waals surface area contributed by atoms with Gasteiger partial charge in [0.25, 0.3) is 0 Å². The minimum atomic E-state index is -1.08. The summed E-state index contributed by atoms with van der Waals surface area (Å²) in [5.74, 6) is -3.25. The van der Waals surface area contributed by atoms with Gasteiger partial charge in [-0.1, -0.05) is 0 Å². The van der Waals surface area contributed by atoms with Crippen LogP contribution in [0.3, 0.4) is 0 Å². The normalized spacial score (nSPS) is 7.21. The molecule has 0 bridgehead atoms. The quantitative estimate of drug-likeness (QED) is 0.375. The van der Waals surface area contributed by atoms with E-state index in [0.717, 1.165) is 20.8 Å². The maximum absolute atomic E-state index is 8.89. The van der Waals surface area contributed by atoms with E-state index < -0.39 is 17.9 Å². The fourth-order valence-electron chi connectivity index (χ4n) is 0.438. The fourth-order valence-corrected chi connectivity index (χ4v) is 1.19. The Morgan fingerprint density at radius 3 is 1.11 bits per heavy atom. The second-order valence-electron chi connectivity index (χ2n) is 2.84. The first kappa shape index (κ1) is 22.7. The van der Waals surface area contributed by atoms with Crippen molar-refractivity contribution in [2.75, 3.05) is 0 Å². The summed E-state index contributed by atoms with van der Waals surface area (Å²) in [5, 5.41) is 26.7. The number of benzene rings is 1. The zero-order valence-electron chi connectivity index (χ0n) is 10.8. The Kier molecular flexibility index (Phi) is 19.8. The van der Waals surface area contributed by atoms with Crippen LogP contribution in [0, 0.1) is 0 Å². The molecular weight excluding hydrogens is 447 g/mol. The average Bonchev–Trinajstić information content (AvgIpc) is 2.15. The summed E-state index contributed by atoms with van der Waals surface area (Å²) in [6.07, 6.45) is 0. The van der Waals surface area contributed by atoms with Crippen molar-refractivity contribution >= 4 is 46.8 Å². The van der Waals surface area contributed by atoms with Gasteiger partial charge in [0.1, 0.15) is 0 Å². The van der Waals surface area contributed by atoms with Crippen molar-refractivity contribution in [2.45, 2.75) is 20.8 Å². The number of rotatable bonds is 0. The van der Waals surface area contributed by atoms with Crippen LogP contribution in [0.2, 0.25) is 0 Å². The van der Waals surface area contributed by atoms with Gasteiger partial charge in [-0.05, 0) is 20.8 Å². The molecule has 0 atom stereocenters. The van der Waals surface area contributed by atoms with Crippen LogP contribution in [0.4, 0.5) is 0 Å². The van der Waals surface area contributed by atoms with Crippen LogP contribution >= 0.6 is 0 Å². The van der Waals surface area contributed by atoms with Crippen molar-refractivity contribution in [2.24, 2.45) is 0 Å². The Bertz CT molecular complexity index is 323. The van der Waals surface area contributed by atoms with Gasteiger partial charge < -0.3 is 29.7 Å². The van der Waals surface area contributed by atoms with E-state index in [0.29, 0.717) is 0 Å². The van der Waals surface area contributed by atoms with Crippen molar-refractivity contribution in [1.29, 1.82) is 0 Å². The van der Waals surface area contributed by atoms with Crippen molar-refractivity contribution < 1.29 is 29.7 Å². The molecule has 0 saturated heterocycles. The summed E-state index contributed by atoms with van der Waals surface area (Å²) in [6.45, 7) is 2.92. The Labute approximate surface area is 127 Å². The van der Waals surface area contributed by atoms with E-state index in [4.69, 9.17) is 29.7 Å². The standard InChI is InChI=1S/C6H5.3C2H4O2.Pb/c1-2-4-6-5-3-1;3*1-2(3)4;/h1-5H;3*1H3,(H,3,4);/q;;;;+3/p-3. The molecule has 7 heteroatoms. The van der Waals surface area contributed by atoms with Crippen LogP contribution in [0.15, 0.2) is 30.3 Å². The number of hydrogen-bond acceptors (Lipinski definition) is 6. The van der Waals surface area contributed by atoms with Crippen LogP contribution in [0.1, 0.15) is 20.8 Å². The SMILES string of the molecule is CC(=O)[O-].CC(=O)[O-].CC(=O)[O-].[Pb+3][c]1ccccc1. The Morgan fingerprint density at radius 1 is 0.789 bits per heavy atom. The van der Waals surface area contributed by atoms with Crippen molar-refractivity contribution in [1.82, 2.24) is 0 Å². The van der Waals surface area contributed by atoms with Gasteiger partial charge in [-0.15, -0.1) is 0 Å². The first-order valence-corrected chi connectivity index (χ1v) is 6.83. The third kappa shape index (κ3) is 81.6. The van der Waals surface area contributed by atoms with Gasteiger partial charge in [-0.25, -0.2) is 0 Å². The van der Waals surface area contributed by atoms with Gasteiger partial charge in [-0.2, -0.15) is 0 Å². The number of carbonyl (C=O) groups excluding carboxylic acids is 3. The molecule has 0 aliphatic heterocycles. The molecule has 0 aliphatic rings. The van der Waals surface area contributed by atoms with Crippen molar-refractivity contribution in [3.63, 3.8) is 0 Å². The van der Waals surface area contributed by atoms with Crippen molar-refractivity contribution in [3.05, 3.63) is 30.3 Å². The molecular formula is C12H14O6Pb. The average molecular weight is 461 g/mol. The van der Waals surface area contributed by atoms with Gasteiger partial charge in [0.15, 0.2) is 0 Å². The van der Waals surface area contributed by atoms with E-state index in [1.54, 1.807) is 0 Å². The van der Waals surface area contributed by atoms with Crippen LogP contribution < -0.4 is 18.4 Å². The third-order valence-corrected chi connectivity index (χ3v) is 2.07. The summed E-state index contributed by atoms with van der Waals surface area (Å²) in [6, 6.07) is 10.5. The predicted molar refractivity (Wildman–Crippen MR) is 63.9 cm³/mol. The van der Waals surface area contributed by atoms with Gasteiger partial charge >= 0.3 is 59.2 Å². The van der Waals surface area contributed by atoms with Crippen LogP contribution in [0.5, 0.6) is 0 Å². The molecule has 102 valence electrons. The maximum atomic E-state index is 8.89. The van der Waals surface area contributed by atoms with Gasteiger partial charge in [0.05, 0.1) is 0 Å². The number of carbonyl (C=O) groups is 3. The zero-order chi connectivity index (χ0) is 15.8. The van der Waals surface area contributed by atoms with Crippen LogP contribution in [-0.2, 0) is 14.4 Å². The molecule has 0 aliphatic carbocycles. The topological polar surface area (TPSA) is 120 Å². The molecule has 0 aromatic heterocycles. The molecule has 0 saturated carbocycles. The zero-order valence-corrected chi connectivity index (χ0v) is 14.7. The second-order valence-corrected chi connectivity index (χ2v) is 5.09. The summed E-state index contributed by atoms with van der Waals surface area (Å²) < 4.78 is 1.46. The number of carboxylic acid groups (broad SMARTS) is 3. The van der Waals surface area contributed by atoms with Gasteiger partial charge in [0, 0.05) is 17.9 Å². The summed E-state index contributed by atoms with van der Waals surface area (Å²) in [5.41, 5.74) is 0. The first-order valence-electron chi connectivity index (χ1n) is 4.89. The van der Waals surface area contributed by atoms with Crippen LogP contribution in [-0.4, -0.2) is 43.7 Å². The van der Waals surface area contributed by atoms with Crippen molar-refractivity contribution in [3.8, 4) is 0 Å². The molecule has 1 rings (SSSR count). The van der Waals surface area contributed by atoms with E-state index in [1.165, 1.54) is 28.9 Å². The summed E-state index contributed by atoms with van der Waals surface area (Å²) >= 11 is 1.17. The Balaban J connectivity index is -0.000000189. The van der Waals surface area contributed by atoms with Crippen LogP contribution in [0.25, 0.3) is 0 Å². The minimum absolute atomic E-state index is 0.972. The van der Waals surface area contributed by atoms with Gasteiger partial charge in [-0.3, -0.25) is 0 Å². The Hall–Kier alpha value is -1.45. The third-order valence-electron chi connectivity index (χ3n) is 0.774. The molecule has 1 aromatic rings. The summed E-state index contributed by atoms with van der Waals surface area (Å²) in [4.78, 5) is 26.7. The van der Waals surface area contributed by atoms with E-state index in [1.807, 2.05) is 6.07 Å². The van der Waals surface area contributed by atoms with E-state index in [2.05, 4.69) is 24.3 Å². The summed E-state index contributed by atoms with van der Waals surface area (Å²) in [7, 11) is 0. The monoisotopic (exact) mass is 462 g/mol. The molecule has 0 heterocycles. The molecule has 0 radical (unpaired) electrons. The molecule has 6 nitrogen and oxygen atoms in total. The van der Waals surface area contributed by atoms with E-state index >= 15 is 0 Å². The fraction of sp³-hybridized carbons (Fsp3) is 0.250. The number of carboxylic acids is 3. The number of hydrogen-bond donors (Lipinski definition) is 0. The molecule has 0 fully saturated rings. The Morgan fingerprint density at radius 2 is 1.00 bits per heavy atom.